The number of piperazine rings is 1. The lowest BCUT2D eigenvalue weighted by Crippen LogP contribution is -2.45. The van der Waals surface area contributed by atoms with Gasteiger partial charge in [-0.1, -0.05) is 37.4 Å². The van der Waals surface area contributed by atoms with Crippen LogP contribution in [0.3, 0.4) is 0 Å². The van der Waals surface area contributed by atoms with Gasteiger partial charge in [0.15, 0.2) is 0 Å². The Morgan fingerprint density at radius 1 is 1.03 bits per heavy atom. The third-order valence-corrected chi connectivity index (χ3v) is 5.76. The smallest absolute Gasteiger partial charge is 0.142 e. The maximum Gasteiger partial charge on any atom is 0.142 e. The fourth-order valence-electron chi connectivity index (χ4n) is 3.96. The number of rotatable bonds is 6. The van der Waals surface area contributed by atoms with Crippen LogP contribution in [0.2, 0.25) is 0 Å². The van der Waals surface area contributed by atoms with Crippen LogP contribution in [0, 0.1) is 0 Å². The van der Waals surface area contributed by atoms with Crippen molar-refractivity contribution in [1.82, 2.24) is 19.8 Å². The number of fused-ring (bicyclic) bond motifs is 1. The van der Waals surface area contributed by atoms with Crippen LogP contribution in [-0.4, -0.2) is 47.7 Å². The summed E-state index contributed by atoms with van der Waals surface area (Å²) in [6.07, 6.45) is 4.07. The molecule has 4 rings (SSSR count). The van der Waals surface area contributed by atoms with Crippen LogP contribution < -0.4 is 10.2 Å². The second kappa shape index (κ2) is 8.03. The second-order valence-corrected chi connectivity index (χ2v) is 7.65. The van der Waals surface area contributed by atoms with Gasteiger partial charge in [0, 0.05) is 74.6 Å². The number of pyridine rings is 1. The van der Waals surface area contributed by atoms with E-state index in [2.05, 4.69) is 87.3 Å². The number of aromatic nitrogens is 2. The molecule has 1 saturated heterocycles. The summed E-state index contributed by atoms with van der Waals surface area (Å²) in [4.78, 5) is 9.50. The highest BCUT2D eigenvalue weighted by atomic mass is 15.3. The minimum absolute atomic E-state index is 0.801. The normalized spacial score (nSPS) is 14.3. The molecule has 5 nitrogen and oxygen atoms in total. The molecule has 29 heavy (non-hydrogen) atoms. The Kier molecular flexibility index (Phi) is 5.30. The number of nitrogens with zero attached hydrogens (tertiary/aromatic N) is 4. The molecule has 1 aliphatic heterocycles. The summed E-state index contributed by atoms with van der Waals surface area (Å²) in [5.74, 6) is 0. The largest absolute Gasteiger partial charge is 0.388 e. The average molecular weight is 388 g/mol. The van der Waals surface area contributed by atoms with Crippen LogP contribution >= 0.6 is 0 Å². The molecule has 0 bridgehead atoms. The Labute approximate surface area is 173 Å². The van der Waals surface area contributed by atoms with E-state index < -0.39 is 0 Å². The SMILES string of the molecule is C=C(NC)c1ccc(Cn2ccc3c(N4CCN(C(=C)C)CC4)ccnc32)cc1. The molecule has 0 unspecified atom stereocenters. The van der Waals surface area contributed by atoms with Crippen molar-refractivity contribution in [3.05, 3.63) is 78.8 Å². The highest BCUT2D eigenvalue weighted by Crippen LogP contribution is 2.28. The summed E-state index contributed by atoms with van der Waals surface area (Å²) >= 11 is 0. The summed E-state index contributed by atoms with van der Waals surface area (Å²) in [7, 11) is 1.89. The fraction of sp³-hybridized carbons (Fsp3) is 0.292. The van der Waals surface area contributed by atoms with E-state index in [-0.39, 0.29) is 0 Å². The second-order valence-electron chi connectivity index (χ2n) is 7.65. The standard InChI is InChI=1S/C24H29N5/c1-18(2)27-13-15-28(16-14-27)23-9-11-26-24-22(23)10-12-29(24)17-20-5-7-21(8-6-20)19(3)25-4/h5-12,25H,1,3,13-17H2,2,4H3. The van der Waals surface area contributed by atoms with Gasteiger partial charge in [-0.05, 0) is 30.2 Å². The molecule has 0 atom stereocenters. The highest BCUT2D eigenvalue weighted by molar-refractivity contribution is 5.90. The first-order chi connectivity index (χ1) is 14.1. The molecule has 3 aromatic rings. The minimum Gasteiger partial charge on any atom is -0.388 e. The first-order valence-electron chi connectivity index (χ1n) is 10.1. The summed E-state index contributed by atoms with van der Waals surface area (Å²) in [5, 5.41) is 4.31. The Morgan fingerprint density at radius 2 is 1.76 bits per heavy atom. The Morgan fingerprint density at radius 3 is 2.41 bits per heavy atom. The van der Waals surface area contributed by atoms with Crippen LogP contribution in [0.1, 0.15) is 18.1 Å². The Bertz CT molecular complexity index is 1020. The van der Waals surface area contributed by atoms with E-state index >= 15 is 0 Å². The van der Waals surface area contributed by atoms with Crippen LogP contribution in [0.25, 0.3) is 16.7 Å². The maximum absolute atomic E-state index is 4.68. The first-order valence-corrected chi connectivity index (χ1v) is 10.1. The van der Waals surface area contributed by atoms with Crippen molar-refractivity contribution >= 4 is 22.4 Å². The molecule has 0 radical (unpaired) electrons. The topological polar surface area (TPSA) is 36.3 Å². The van der Waals surface area contributed by atoms with Crippen LogP contribution in [-0.2, 0) is 6.54 Å². The van der Waals surface area contributed by atoms with Gasteiger partial charge in [0.1, 0.15) is 5.65 Å². The maximum atomic E-state index is 4.68. The van der Waals surface area contributed by atoms with E-state index in [1.54, 1.807) is 0 Å². The third kappa shape index (κ3) is 3.86. The van der Waals surface area contributed by atoms with E-state index in [4.69, 9.17) is 0 Å². The van der Waals surface area contributed by atoms with E-state index in [1.807, 2.05) is 13.2 Å². The molecular weight excluding hydrogens is 358 g/mol. The van der Waals surface area contributed by atoms with Crippen molar-refractivity contribution in [2.75, 3.05) is 38.1 Å². The monoisotopic (exact) mass is 387 g/mol. The van der Waals surface area contributed by atoms with E-state index in [9.17, 15) is 0 Å². The van der Waals surface area contributed by atoms with Gasteiger partial charge in [0.2, 0.25) is 0 Å². The fourth-order valence-corrected chi connectivity index (χ4v) is 3.96. The summed E-state index contributed by atoms with van der Waals surface area (Å²) in [6.45, 7) is 15.0. The molecule has 5 heteroatoms. The molecule has 0 spiro atoms. The molecule has 3 heterocycles. The van der Waals surface area contributed by atoms with E-state index in [0.29, 0.717) is 0 Å². The van der Waals surface area contributed by atoms with Crippen molar-refractivity contribution in [3.63, 3.8) is 0 Å². The molecule has 1 aliphatic rings. The zero-order valence-electron chi connectivity index (χ0n) is 17.4. The number of allylic oxidation sites excluding steroid dienone is 1. The van der Waals surface area contributed by atoms with Gasteiger partial charge in [0.05, 0.1) is 0 Å². The van der Waals surface area contributed by atoms with Gasteiger partial charge in [-0.25, -0.2) is 4.98 Å². The lowest BCUT2D eigenvalue weighted by molar-refractivity contribution is 0.323. The Hall–Kier alpha value is -3.21. The van der Waals surface area contributed by atoms with Gasteiger partial charge in [-0.3, -0.25) is 0 Å². The molecule has 150 valence electrons. The third-order valence-electron chi connectivity index (χ3n) is 5.76. The average Bonchev–Trinajstić information content (AvgIpc) is 3.16. The zero-order valence-corrected chi connectivity index (χ0v) is 17.4. The van der Waals surface area contributed by atoms with E-state index in [0.717, 1.165) is 55.3 Å². The highest BCUT2D eigenvalue weighted by Gasteiger charge is 2.19. The van der Waals surface area contributed by atoms with Gasteiger partial charge in [-0.2, -0.15) is 0 Å². The molecule has 1 aromatic carbocycles. The predicted molar refractivity (Wildman–Crippen MR) is 122 cm³/mol. The van der Waals surface area contributed by atoms with Crippen molar-refractivity contribution in [2.24, 2.45) is 0 Å². The summed E-state index contributed by atoms with van der Waals surface area (Å²) in [5.41, 5.74) is 6.76. The molecule has 0 amide bonds. The first kappa shape index (κ1) is 19.1. The molecule has 0 aliphatic carbocycles. The summed E-state index contributed by atoms with van der Waals surface area (Å²) < 4.78 is 2.23. The molecule has 1 N–H and O–H groups in total. The van der Waals surface area contributed by atoms with Gasteiger partial charge in [-0.15, -0.1) is 0 Å². The van der Waals surface area contributed by atoms with Gasteiger partial charge in [0.25, 0.3) is 0 Å². The van der Waals surface area contributed by atoms with Gasteiger partial charge < -0.3 is 19.7 Å². The van der Waals surface area contributed by atoms with Crippen molar-refractivity contribution in [3.8, 4) is 0 Å². The van der Waals surface area contributed by atoms with Crippen molar-refractivity contribution < 1.29 is 0 Å². The number of hydrogen-bond acceptors (Lipinski definition) is 4. The molecular formula is C24H29N5. The quantitative estimate of drug-likeness (QED) is 0.695. The zero-order chi connectivity index (χ0) is 20.4. The van der Waals surface area contributed by atoms with Crippen LogP contribution in [0.5, 0.6) is 0 Å². The molecule has 1 fully saturated rings. The molecule has 0 saturated carbocycles. The lowest BCUT2D eigenvalue weighted by Gasteiger charge is -2.37. The number of nitrogens with one attached hydrogen (secondary N) is 1. The predicted octanol–water partition coefficient (Wildman–Crippen LogP) is 3.93. The van der Waals surface area contributed by atoms with Crippen LogP contribution in [0.4, 0.5) is 5.69 Å². The van der Waals surface area contributed by atoms with Gasteiger partial charge >= 0.3 is 0 Å². The minimum atomic E-state index is 0.801. The van der Waals surface area contributed by atoms with Crippen LogP contribution in [0.15, 0.2) is 67.6 Å². The number of benzene rings is 1. The molecule has 2 aromatic heterocycles. The number of anilines is 1. The van der Waals surface area contributed by atoms with Crippen molar-refractivity contribution in [1.29, 1.82) is 0 Å². The summed E-state index contributed by atoms with van der Waals surface area (Å²) in [6, 6.07) is 12.9. The van der Waals surface area contributed by atoms with E-state index in [1.165, 1.54) is 16.6 Å². The van der Waals surface area contributed by atoms with Crippen molar-refractivity contribution in [2.45, 2.75) is 13.5 Å². The lowest BCUT2D eigenvalue weighted by atomic mass is 10.1. The number of hydrogen-bond donors (Lipinski definition) is 1. The Balaban J connectivity index is 1.55.